The number of carbonyl (C=O) groups is 1. The number of carbonyl (C=O) groups excluding carboxylic acids is 1. The van der Waals surface area contributed by atoms with Gasteiger partial charge in [0.2, 0.25) is 0 Å². The largest absolute Gasteiger partial charge is 0.573 e. The number of ether oxygens (including phenoxy) is 1. The zero-order chi connectivity index (χ0) is 25.4. The van der Waals surface area contributed by atoms with Crippen LogP contribution in [0, 0.1) is 30.5 Å². The van der Waals surface area contributed by atoms with Crippen molar-refractivity contribution in [3.63, 3.8) is 0 Å². The van der Waals surface area contributed by atoms with E-state index in [1.807, 2.05) is 6.07 Å². The maximum absolute atomic E-state index is 13.9. The molecule has 10 heteroatoms. The molecule has 1 saturated heterocycles. The smallest absolute Gasteiger partial charge is 0.406 e. The second-order valence-electron chi connectivity index (χ2n) is 9.52. The molecule has 2 atom stereocenters. The van der Waals surface area contributed by atoms with Gasteiger partial charge >= 0.3 is 6.36 Å². The summed E-state index contributed by atoms with van der Waals surface area (Å²) in [4.78, 5) is 21.3. The lowest BCUT2D eigenvalue weighted by molar-refractivity contribution is -0.274. The van der Waals surface area contributed by atoms with Gasteiger partial charge in [-0.2, -0.15) is 0 Å². The van der Waals surface area contributed by atoms with Crippen molar-refractivity contribution < 1.29 is 27.1 Å². The molecule has 3 aromatic rings. The molecule has 0 radical (unpaired) electrons. The second-order valence-corrected chi connectivity index (χ2v) is 10.2. The standard InChI is InChI=1S/C26H25F4N3O2S/c1-16-5-6-18(8-23(16)27)9-32-11-20-21(12-32)22(20)13-33(25(34)24-14-36-15-31-24)10-17-3-2-4-19(7-17)35-26(28,29)30/h2-8,14-15,20-22H,9-13H2,1H3. The molecule has 1 aliphatic heterocycles. The van der Waals surface area contributed by atoms with Crippen molar-refractivity contribution in [2.75, 3.05) is 19.6 Å². The Morgan fingerprint density at radius 1 is 1.17 bits per heavy atom. The first-order valence-electron chi connectivity index (χ1n) is 11.7. The van der Waals surface area contributed by atoms with E-state index in [-0.39, 0.29) is 24.0 Å². The molecule has 0 N–H and O–H groups in total. The third-order valence-electron chi connectivity index (χ3n) is 6.96. The molecule has 2 aromatic carbocycles. The molecule has 1 saturated carbocycles. The van der Waals surface area contributed by atoms with Crippen molar-refractivity contribution in [3.05, 3.63) is 81.6 Å². The van der Waals surface area contributed by atoms with E-state index in [0.717, 1.165) is 18.7 Å². The number of thiazole rings is 1. The maximum atomic E-state index is 13.9. The highest BCUT2D eigenvalue weighted by Gasteiger charge is 2.55. The van der Waals surface area contributed by atoms with Crippen LogP contribution in [0.4, 0.5) is 17.6 Å². The minimum Gasteiger partial charge on any atom is -0.406 e. The third-order valence-corrected chi connectivity index (χ3v) is 7.55. The Bertz CT molecular complexity index is 1220. The molecule has 2 heterocycles. The van der Waals surface area contributed by atoms with Crippen LogP contribution in [0.15, 0.2) is 53.4 Å². The first-order valence-corrected chi connectivity index (χ1v) is 12.6. The van der Waals surface area contributed by atoms with Crippen molar-refractivity contribution in [3.8, 4) is 5.75 Å². The number of aryl methyl sites for hydroxylation is 1. The molecule has 1 aromatic heterocycles. The molecule has 1 amide bonds. The highest BCUT2D eigenvalue weighted by Crippen LogP contribution is 2.52. The summed E-state index contributed by atoms with van der Waals surface area (Å²) in [5, 5.41) is 1.68. The van der Waals surface area contributed by atoms with Crippen LogP contribution < -0.4 is 4.74 Å². The van der Waals surface area contributed by atoms with Crippen LogP contribution in [0.3, 0.4) is 0 Å². The Labute approximate surface area is 210 Å². The number of benzene rings is 2. The number of amides is 1. The molecule has 36 heavy (non-hydrogen) atoms. The summed E-state index contributed by atoms with van der Waals surface area (Å²) < 4.78 is 55.9. The number of piperidine rings is 1. The van der Waals surface area contributed by atoms with Crippen LogP contribution in [-0.4, -0.2) is 46.7 Å². The van der Waals surface area contributed by atoms with Crippen LogP contribution in [0.5, 0.6) is 5.75 Å². The summed E-state index contributed by atoms with van der Waals surface area (Å²) >= 11 is 1.32. The van der Waals surface area contributed by atoms with Crippen LogP contribution in [0.25, 0.3) is 0 Å². The molecule has 0 spiro atoms. The van der Waals surface area contributed by atoms with Gasteiger partial charge in [0.1, 0.15) is 17.3 Å². The number of alkyl halides is 3. The first-order chi connectivity index (χ1) is 17.2. The molecule has 1 aliphatic carbocycles. The van der Waals surface area contributed by atoms with Gasteiger partial charge in [-0.15, -0.1) is 24.5 Å². The Kier molecular flexibility index (Phi) is 6.74. The van der Waals surface area contributed by atoms with Gasteiger partial charge in [-0.25, -0.2) is 9.37 Å². The van der Waals surface area contributed by atoms with Gasteiger partial charge in [0, 0.05) is 38.1 Å². The minimum atomic E-state index is -4.78. The van der Waals surface area contributed by atoms with Gasteiger partial charge < -0.3 is 9.64 Å². The number of halogens is 4. The Balaban J connectivity index is 1.24. The van der Waals surface area contributed by atoms with Gasteiger partial charge in [0.15, 0.2) is 0 Å². The summed E-state index contributed by atoms with van der Waals surface area (Å²) in [6.07, 6.45) is -4.78. The van der Waals surface area contributed by atoms with Crippen LogP contribution in [0.2, 0.25) is 0 Å². The Morgan fingerprint density at radius 2 is 1.94 bits per heavy atom. The van der Waals surface area contributed by atoms with E-state index in [1.165, 1.54) is 29.5 Å². The van der Waals surface area contributed by atoms with Crippen LogP contribution in [0.1, 0.15) is 27.2 Å². The number of hydrogen-bond donors (Lipinski definition) is 0. The second kappa shape index (κ2) is 9.82. The molecule has 190 valence electrons. The van der Waals surface area contributed by atoms with Crippen LogP contribution >= 0.6 is 11.3 Å². The minimum absolute atomic E-state index is 0.160. The molecule has 0 bridgehead atoms. The Hall–Kier alpha value is -2.98. The quantitative estimate of drug-likeness (QED) is 0.368. The molecular weight excluding hydrogens is 494 g/mol. The average Bonchev–Trinajstić information content (AvgIpc) is 3.20. The van der Waals surface area contributed by atoms with E-state index in [0.29, 0.717) is 47.7 Å². The summed E-state index contributed by atoms with van der Waals surface area (Å²) in [7, 11) is 0. The molecule has 5 nitrogen and oxygen atoms in total. The molecule has 2 aliphatic rings. The van der Waals surface area contributed by atoms with E-state index in [2.05, 4.69) is 14.6 Å². The molecule has 2 unspecified atom stereocenters. The summed E-state index contributed by atoms with van der Waals surface area (Å²) in [6, 6.07) is 11.0. The number of likely N-dealkylation sites (tertiary alicyclic amines) is 1. The van der Waals surface area contributed by atoms with Crippen LogP contribution in [-0.2, 0) is 13.1 Å². The molecule has 2 fully saturated rings. The van der Waals surface area contributed by atoms with E-state index < -0.39 is 6.36 Å². The van der Waals surface area contributed by atoms with Gasteiger partial charge in [-0.3, -0.25) is 9.69 Å². The van der Waals surface area contributed by atoms with Gasteiger partial charge in [0.25, 0.3) is 5.91 Å². The van der Waals surface area contributed by atoms with Gasteiger partial charge in [0.05, 0.1) is 5.51 Å². The third kappa shape index (κ3) is 5.70. The predicted molar refractivity (Wildman–Crippen MR) is 127 cm³/mol. The van der Waals surface area contributed by atoms with Crippen molar-refractivity contribution in [1.29, 1.82) is 0 Å². The van der Waals surface area contributed by atoms with E-state index in [4.69, 9.17) is 0 Å². The fourth-order valence-electron chi connectivity index (χ4n) is 5.14. The molecule has 5 rings (SSSR count). The summed E-state index contributed by atoms with van der Waals surface area (Å²) in [5.74, 6) is 0.434. The highest BCUT2D eigenvalue weighted by molar-refractivity contribution is 7.07. The van der Waals surface area contributed by atoms with Crippen molar-refractivity contribution >= 4 is 17.2 Å². The number of nitrogens with zero attached hydrogens (tertiary/aromatic N) is 3. The van der Waals surface area contributed by atoms with Crippen molar-refractivity contribution in [2.45, 2.75) is 26.4 Å². The first kappa shape index (κ1) is 24.7. The fraction of sp³-hybridized carbons (Fsp3) is 0.385. The van der Waals surface area contributed by atoms with Crippen molar-refractivity contribution in [1.82, 2.24) is 14.8 Å². The van der Waals surface area contributed by atoms with Gasteiger partial charge in [-0.1, -0.05) is 24.3 Å². The lowest BCUT2D eigenvalue weighted by atomic mass is 10.1. The number of hydrogen-bond acceptors (Lipinski definition) is 5. The van der Waals surface area contributed by atoms with Gasteiger partial charge in [-0.05, 0) is 59.6 Å². The lowest BCUT2D eigenvalue weighted by Crippen LogP contribution is -2.35. The molecular formula is C26H25F4N3O2S. The zero-order valence-corrected chi connectivity index (χ0v) is 20.4. The predicted octanol–water partition coefficient (Wildman–Crippen LogP) is 5.51. The maximum Gasteiger partial charge on any atom is 0.573 e. The Morgan fingerprint density at radius 3 is 2.61 bits per heavy atom. The van der Waals surface area contributed by atoms with E-state index in [9.17, 15) is 22.4 Å². The lowest BCUT2D eigenvalue weighted by Gasteiger charge is -2.25. The normalized spacial score (nSPS) is 21.3. The number of rotatable bonds is 8. The summed E-state index contributed by atoms with van der Waals surface area (Å²) in [6.45, 7) is 4.84. The van der Waals surface area contributed by atoms with E-state index in [1.54, 1.807) is 40.9 Å². The average molecular weight is 520 g/mol. The van der Waals surface area contributed by atoms with E-state index >= 15 is 0 Å². The highest BCUT2D eigenvalue weighted by atomic mass is 32.1. The summed E-state index contributed by atoms with van der Waals surface area (Å²) in [5.41, 5.74) is 4.03. The van der Waals surface area contributed by atoms with Crippen molar-refractivity contribution in [2.24, 2.45) is 17.8 Å². The fourth-order valence-corrected chi connectivity index (χ4v) is 5.67. The monoisotopic (exact) mass is 519 g/mol. The zero-order valence-electron chi connectivity index (χ0n) is 19.5. The number of fused-ring (bicyclic) bond motifs is 1. The topological polar surface area (TPSA) is 45.7 Å². The SMILES string of the molecule is Cc1ccc(CN2CC3C(C2)C3CN(Cc2cccc(OC(F)(F)F)c2)C(=O)c2cscn2)cc1F. The number of aromatic nitrogens is 1.